The summed E-state index contributed by atoms with van der Waals surface area (Å²) in [6, 6.07) is 5.33. The molecule has 0 aliphatic carbocycles. The van der Waals surface area contributed by atoms with Crippen molar-refractivity contribution in [1.29, 1.82) is 0 Å². The van der Waals surface area contributed by atoms with Crippen molar-refractivity contribution < 1.29 is 14.3 Å². The number of rotatable bonds is 5. The van der Waals surface area contributed by atoms with Crippen LogP contribution in [-0.4, -0.2) is 61.6 Å². The van der Waals surface area contributed by atoms with E-state index in [-0.39, 0.29) is 6.03 Å². The van der Waals surface area contributed by atoms with E-state index in [9.17, 15) is 9.59 Å². The van der Waals surface area contributed by atoms with Crippen LogP contribution in [-0.2, 0) is 4.79 Å². The van der Waals surface area contributed by atoms with Crippen molar-refractivity contribution in [3.05, 3.63) is 28.8 Å². The van der Waals surface area contributed by atoms with E-state index >= 15 is 0 Å². The van der Waals surface area contributed by atoms with Crippen LogP contribution in [0.2, 0.25) is 5.02 Å². The lowest BCUT2D eigenvalue weighted by Crippen LogP contribution is -2.51. The molecular weight excluding hydrogens is 306 g/mol. The van der Waals surface area contributed by atoms with Crippen molar-refractivity contribution in [2.45, 2.75) is 6.92 Å². The molecule has 0 spiro atoms. The molecule has 0 saturated carbocycles. The second-order valence-electron chi connectivity index (χ2n) is 5.12. The number of carbonyl (C=O) groups excluding carboxylic acids is 2. The predicted molar refractivity (Wildman–Crippen MR) is 84.3 cm³/mol. The Morgan fingerprint density at radius 1 is 1.36 bits per heavy atom. The number of aryl methyl sites for hydroxylation is 1. The van der Waals surface area contributed by atoms with Gasteiger partial charge in [-0.25, -0.2) is 4.79 Å². The number of halogens is 1. The molecule has 0 aromatic heterocycles. The van der Waals surface area contributed by atoms with Crippen molar-refractivity contribution in [1.82, 2.24) is 15.1 Å². The van der Waals surface area contributed by atoms with Gasteiger partial charge in [-0.05, 0) is 30.7 Å². The Labute approximate surface area is 135 Å². The first-order valence-corrected chi connectivity index (χ1v) is 7.59. The summed E-state index contributed by atoms with van der Waals surface area (Å²) in [6.45, 7) is 5.00. The molecule has 2 rings (SSSR count). The third kappa shape index (κ3) is 4.53. The number of urea groups is 1. The van der Waals surface area contributed by atoms with Gasteiger partial charge in [0.05, 0.1) is 6.54 Å². The maximum atomic E-state index is 11.9. The van der Waals surface area contributed by atoms with E-state index in [0.29, 0.717) is 44.4 Å². The summed E-state index contributed by atoms with van der Waals surface area (Å²) < 4.78 is 5.57. The standard InChI is InChI=1S/C15H20ClN3O3/c1-12-10-13(2-3-14(12)16)22-9-4-17-15(21)19-7-5-18(11-20)6-8-19/h2-3,10-11H,4-9H2,1H3,(H,17,21). The summed E-state index contributed by atoms with van der Waals surface area (Å²) in [5, 5.41) is 3.51. The minimum Gasteiger partial charge on any atom is -0.492 e. The normalized spacial score (nSPS) is 14.6. The molecule has 0 bridgehead atoms. The zero-order valence-corrected chi connectivity index (χ0v) is 13.3. The molecule has 0 radical (unpaired) electrons. The monoisotopic (exact) mass is 325 g/mol. The van der Waals surface area contributed by atoms with Crippen LogP contribution in [0.4, 0.5) is 4.79 Å². The molecule has 1 N–H and O–H groups in total. The van der Waals surface area contributed by atoms with Gasteiger partial charge < -0.3 is 19.9 Å². The van der Waals surface area contributed by atoms with E-state index in [1.54, 1.807) is 21.9 Å². The van der Waals surface area contributed by atoms with Gasteiger partial charge in [0, 0.05) is 31.2 Å². The average molecular weight is 326 g/mol. The van der Waals surface area contributed by atoms with E-state index in [0.717, 1.165) is 17.7 Å². The van der Waals surface area contributed by atoms with Gasteiger partial charge in [-0.1, -0.05) is 11.6 Å². The van der Waals surface area contributed by atoms with Crippen LogP contribution >= 0.6 is 11.6 Å². The molecule has 1 aromatic rings. The lowest BCUT2D eigenvalue weighted by atomic mass is 10.2. The number of amides is 3. The third-order valence-electron chi connectivity index (χ3n) is 3.53. The number of hydrogen-bond acceptors (Lipinski definition) is 3. The van der Waals surface area contributed by atoms with Gasteiger partial charge >= 0.3 is 6.03 Å². The highest BCUT2D eigenvalue weighted by Crippen LogP contribution is 2.20. The number of hydrogen-bond donors (Lipinski definition) is 1. The zero-order chi connectivity index (χ0) is 15.9. The van der Waals surface area contributed by atoms with Gasteiger partial charge in [0.15, 0.2) is 0 Å². The maximum absolute atomic E-state index is 11.9. The van der Waals surface area contributed by atoms with Crippen molar-refractivity contribution >= 4 is 24.0 Å². The summed E-state index contributed by atoms with van der Waals surface area (Å²) in [6.07, 6.45) is 0.817. The van der Waals surface area contributed by atoms with E-state index in [1.807, 2.05) is 13.0 Å². The fourth-order valence-electron chi connectivity index (χ4n) is 2.18. The van der Waals surface area contributed by atoms with Gasteiger partial charge in [0.1, 0.15) is 12.4 Å². The molecule has 0 atom stereocenters. The smallest absolute Gasteiger partial charge is 0.317 e. The summed E-state index contributed by atoms with van der Waals surface area (Å²) >= 11 is 5.95. The third-order valence-corrected chi connectivity index (χ3v) is 3.95. The average Bonchev–Trinajstić information content (AvgIpc) is 2.54. The fraction of sp³-hybridized carbons (Fsp3) is 0.467. The topological polar surface area (TPSA) is 61.9 Å². The van der Waals surface area contributed by atoms with Crippen LogP contribution in [0.1, 0.15) is 5.56 Å². The molecule has 1 aliphatic heterocycles. The molecule has 0 unspecified atom stereocenters. The largest absolute Gasteiger partial charge is 0.492 e. The molecule has 22 heavy (non-hydrogen) atoms. The van der Waals surface area contributed by atoms with E-state index in [1.165, 1.54) is 0 Å². The van der Waals surface area contributed by atoms with Gasteiger partial charge in [-0.15, -0.1) is 0 Å². The Kier molecular flexibility index (Phi) is 5.89. The second kappa shape index (κ2) is 7.89. The molecular formula is C15H20ClN3O3. The summed E-state index contributed by atoms with van der Waals surface area (Å²) in [7, 11) is 0. The number of ether oxygens (including phenoxy) is 1. The van der Waals surface area contributed by atoms with Crippen LogP contribution in [0.3, 0.4) is 0 Å². The second-order valence-corrected chi connectivity index (χ2v) is 5.53. The molecule has 3 amide bonds. The van der Waals surface area contributed by atoms with Crippen LogP contribution in [0.5, 0.6) is 5.75 Å². The van der Waals surface area contributed by atoms with Gasteiger partial charge in [0.2, 0.25) is 6.41 Å². The first-order chi connectivity index (χ1) is 10.6. The first kappa shape index (κ1) is 16.4. The molecule has 6 nitrogen and oxygen atoms in total. The molecule has 1 aromatic carbocycles. The van der Waals surface area contributed by atoms with Gasteiger partial charge in [-0.2, -0.15) is 0 Å². The van der Waals surface area contributed by atoms with Crippen LogP contribution < -0.4 is 10.1 Å². The fourth-order valence-corrected chi connectivity index (χ4v) is 2.29. The Balaban J connectivity index is 1.67. The zero-order valence-electron chi connectivity index (χ0n) is 12.5. The van der Waals surface area contributed by atoms with E-state index in [2.05, 4.69) is 5.32 Å². The number of piperazine rings is 1. The predicted octanol–water partition coefficient (Wildman–Crippen LogP) is 1.51. The lowest BCUT2D eigenvalue weighted by Gasteiger charge is -2.32. The first-order valence-electron chi connectivity index (χ1n) is 7.21. The summed E-state index contributed by atoms with van der Waals surface area (Å²) in [5.41, 5.74) is 0.955. The molecule has 1 heterocycles. The Bertz CT molecular complexity index is 531. The molecule has 1 fully saturated rings. The highest BCUT2D eigenvalue weighted by atomic mass is 35.5. The maximum Gasteiger partial charge on any atom is 0.317 e. The number of nitrogens with one attached hydrogen (secondary N) is 1. The molecule has 120 valence electrons. The minimum atomic E-state index is -0.124. The highest BCUT2D eigenvalue weighted by Gasteiger charge is 2.19. The van der Waals surface area contributed by atoms with Crippen molar-refractivity contribution in [2.24, 2.45) is 0 Å². The van der Waals surface area contributed by atoms with Crippen LogP contribution in [0.25, 0.3) is 0 Å². The molecule has 7 heteroatoms. The highest BCUT2D eigenvalue weighted by molar-refractivity contribution is 6.31. The minimum absolute atomic E-state index is 0.124. The van der Waals surface area contributed by atoms with Crippen LogP contribution in [0, 0.1) is 6.92 Å². The SMILES string of the molecule is Cc1cc(OCCNC(=O)N2CCN(C=O)CC2)ccc1Cl. The van der Waals surface area contributed by atoms with Gasteiger partial charge in [-0.3, -0.25) is 4.79 Å². The number of benzene rings is 1. The van der Waals surface area contributed by atoms with Crippen molar-refractivity contribution in [3.8, 4) is 5.75 Å². The van der Waals surface area contributed by atoms with E-state index < -0.39 is 0 Å². The van der Waals surface area contributed by atoms with Gasteiger partial charge in [0.25, 0.3) is 0 Å². The Morgan fingerprint density at radius 3 is 2.73 bits per heavy atom. The lowest BCUT2D eigenvalue weighted by molar-refractivity contribution is -0.119. The number of nitrogens with zero attached hydrogens (tertiary/aromatic N) is 2. The van der Waals surface area contributed by atoms with Crippen LogP contribution in [0.15, 0.2) is 18.2 Å². The van der Waals surface area contributed by atoms with E-state index in [4.69, 9.17) is 16.3 Å². The molecule has 1 aliphatic rings. The molecule has 1 saturated heterocycles. The summed E-state index contributed by atoms with van der Waals surface area (Å²) in [4.78, 5) is 25.9. The quantitative estimate of drug-likeness (QED) is 0.659. The Morgan fingerprint density at radius 2 is 2.09 bits per heavy atom. The van der Waals surface area contributed by atoms with Crippen molar-refractivity contribution in [3.63, 3.8) is 0 Å². The summed E-state index contributed by atoms with van der Waals surface area (Å²) in [5.74, 6) is 0.732. The Hall–Kier alpha value is -1.95. The van der Waals surface area contributed by atoms with Crippen molar-refractivity contribution in [2.75, 3.05) is 39.3 Å². The number of carbonyl (C=O) groups is 2.